The minimum atomic E-state index is -0.956. The van der Waals surface area contributed by atoms with Gasteiger partial charge in [-0.1, -0.05) is 23.7 Å². The van der Waals surface area contributed by atoms with Gasteiger partial charge in [0.25, 0.3) is 0 Å². The van der Waals surface area contributed by atoms with Crippen molar-refractivity contribution in [3.63, 3.8) is 0 Å². The Hall–Kier alpha value is -1.03. The van der Waals surface area contributed by atoms with E-state index in [4.69, 9.17) is 11.6 Å². The van der Waals surface area contributed by atoms with Gasteiger partial charge in [-0.2, -0.15) is 0 Å². The molecule has 1 heterocycles. The minimum Gasteiger partial charge on any atom is -0.508 e. The fraction of sp³-hybridized carbons (Fsp3) is 0.231. The molecule has 0 saturated heterocycles. The Bertz CT molecular complexity index is 502. The van der Waals surface area contributed by atoms with E-state index in [1.54, 1.807) is 31.2 Å². The maximum atomic E-state index is 10.4. The molecule has 1 aromatic carbocycles. The summed E-state index contributed by atoms with van der Waals surface area (Å²) in [7, 11) is 0. The number of halogens is 1. The molecular weight excluding hydrogens is 256 g/mol. The van der Waals surface area contributed by atoms with Crippen LogP contribution in [0.4, 0.5) is 0 Å². The summed E-state index contributed by atoms with van der Waals surface area (Å²) in [6, 6.07) is 10.3. The number of benzene rings is 1. The summed E-state index contributed by atoms with van der Waals surface area (Å²) < 4.78 is 0.724. The summed E-state index contributed by atoms with van der Waals surface area (Å²) in [5.41, 5.74) is -0.179. The van der Waals surface area contributed by atoms with Gasteiger partial charge in [-0.3, -0.25) is 0 Å². The second kappa shape index (κ2) is 4.69. The summed E-state index contributed by atoms with van der Waals surface area (Å²) in [6.45, 7) is 1.76. The van der Waals surface area contributed by atoms with Gasteiger partial charge in [0.1, 0.15) is 5.75 Å². The van der Waals surface area contributed by atoms with Crippen molar-refractivity contribution in [2.75, 3.05) is 0 Å². The third-order valence-electron chi connectivity index (χ3n) is 2.64. The van der Waals surface area contributed by atoms with Crippen LogP contribution in [0.15, 0.2) is 36.4 Å². The van der Waals surface area contributed by atoms with Crippen LogP contribution in [0.3, 0.4) is 0 Å². The fourth-order valence-electron chi connectivity index (χ4n) is 1.71. The van der Waals surface area contributed by atoms with Crippen LogP contribution in [0.25, 0.3) is 0 Å². The highest BCUT2D eigenvalue weighted by Crippen LogP contribution is 2.30. The van der Waals surface area contributed by atoms with Crippen LogP contribution < -0.4 is 0 Å². The first-order chi connectivity index (χ1) is 7.97. The third kappa shape index (κ3) is 3.00. The standard InChI is InChI=1S/C13H13ClO2S/c1-13(16,8-11-6-7-12(14)17-11)9-2-4-10(15)5-3-9/h2-7,15-16H,8H2,1H3. The van der Waals surface area contributed by atoms with Gasteiger partial charge in [0.15, 0.2) is 0 Å². The van der Waals surface area contributed by atoms with Crippen molar-refractivity contribution >= 4 is 22.9 Å². The molecule has 0 bridgehead atoms. The van der Waals surface area contributed by atoms with E-state index in [0.29, 0.717) is 6.42 Å². The van der Waals surface area contributed by atoms with E-state index in [1.165, 1.54) is 11.3 Å². The molecule has 1 atom stereocenters. The molecular formula is C13H13ClO2S. The topological polar surface area (TPSA) is 40.5 Å². The lowest BCUT2D eigenvalue weighted by molar-refractivity contribution is 0.0584. The molecule has 0 spiro atoms. The zero-order valence-corrected chi connectivity index (χ0v) is 10.9. The molecule has 0 fully saturated rings. The number of phenols is 1. The van der Waals surface area contributed by atoms with Crippen LogP contribution in [0, 0.1) is 0 Å². The Balaban J connectivity index is 2.21. The molecule has 0 aliphatic carbocycles. The van der Waals surface area contributed by atoms with Gasteiger partial charge in [-0.05, 0) is 36.8 Å². The first kappa shape index (κ1) is 12.4. The molecule has 0 radical (unpaired) electrons. The van der Waals surface area contributed by atoms with Crippen LogP contribution in [-0.4, -0.2) is 10.2 Å². The Morgan fingerprint density at radius 1 is 1.18 bits per heavy atom. The Morgan fingerprint density at radius 3 is 2.35 bits per heavy atom. The third-order valence-corrected chi connectivity index (χ3v) is 3.87. The van der Waals surface area contributed by atoms with Crippen molar-refractivity contribution in [2.45, 2.75) is 18.9 Å². The molecule has 2 aromatic rings. The fourth-order valence-corrected chi connectivity index (χ4v) is 2.94. The number of hydrogen-bond donors (Lipinski definition) is 2. The first-order valence-electron chi connectivity index (χ1n) is 5.23. The lowest BCUT2D eigenvalue weighted by Gasteiger charge is -2.23. The van der Waals surface area contributed by atoms with Crippen molar-refractivity contribution in [1.82, 2.24) is 0 Å². The van der Waals surface area contributed by atoms with Gasteiger partial charge >= 0.3 is 0 Å². The Kier molecular flexibility index (Phi) is 3.43. The zero-order chi connectivity index (χ0) is 12.5. The molecule has 2 nitrogen and oxygen atoms in total. The van der Waals surface area contributed by atoms with Crippen LogP contribution in [0.5, 0.6) is 5.75 Å². The van der Waals surface area contributed by atoms with Crippen molar-refractivity contribution in [3.8, 4) is 5.75 Å². The number of phenolic OH excluding ortho intramolecular Hbond substituents is 1. The van der Waals surface area contributed by atoms with E-state index in [9.17, 15) is 10.2 Å². The molecule has 17 heavy (non-hydrogen) atoms. The smallest absolute Gasteiger partial charge is 0.115 e. The number of rotatable bonds is 3. The molecule has 2 rings (SSSR count). The largest absolute Gasteiger partial charge is 0.508 e. The van der Waals surface area contributed by atoms with Gasteiger partial charge in [-0.15, -0.1) is 11.3 Å². The van der Waals surface area contributed by atoms with E-state index in [2.05, 4.69) is 0 Å². The van der Waals surface area contributed by atoms with Gasteiger partial charge in [-0.25, -0.2) is 0 Å². The molecule has 0 aliphatic rings. The highest BCUT2D eigenvalue weighted by molar-refractivity contribution is 7.16. The van der Waals surface area contributed by atoms with Crippen molar-refractivity contribution in [2.24, 2.45) is 0 Å². The van der Waals surface area contributed by atoms with Crippen molar-refractivity contribution < 1.29 is 10.2 Å². The summed E-state index contributed by atoms with van der Waals surface area (Å²) in [5, 5.41) is 19.6. The van der Waals surface area contributed by atoms with E-state index in [1.807, 2.05) is 12.1 Å². The van der Waals surface area contributed by atoms with E-state index in [0.717, 1.165) is 14.8 Å². The van der Waals surface area contributed by atoms with Gasteiger partial charge in [0, 0.05) is 11.3 Å². The van der Waals surface area contributed by atoms with Gasteiger partial charge in [0.2, 0.25) is 0 Å². The number of thiophene rings is 1. The number of hydrogen-bond acceptors (Lipinski definition) is 3. The normalized spacial score (nSPS) is 14.5. The average molecular weight is 269 g/mol. The molecule has 90 valence electrons. The SMILES string of the molecule is CC(O)(Cc1ccc(Cl)s1)c1ccc(O)cc1. The maximum absolute atomic E-state index is 10.4. The first-order valence-corrected chi connectivity index (χ1v) is 6.43. The van der Waals surface area contributed by atoms with E-state index < -0.39 is 5.60 Å². The van der Waals surface area contributed by atoms with Crippen molar-refractivity contribution in [1.29, 1.82) is 0 Å². The Labute approximate surface area is 109 Å². The maximum Gasteiger partial charge on any atom is 0.115 e. The predicted molar refractivity (Wildman–Crippen MR) is 70.7 cm³/mol. The summed E-state index contributed by atoms with van der Waals surface area (Å²) in [4.78, 5) is 1.04. The Morgan fingerprint density at radius 2 is 1.82 bits per heavy atom. The predicted octanol–water partition coefficient (Wildman–Crippen LogP) is 3.56. The number of aliphatic hydroxyl groups is 1. The quantitative estimate of drug-likeness (QED) is 0.894. The highest BCUT2D eigenvalue weighted by atomic mass is 35.5. The van der Waals surface area contributed by atoms with Gasteiger partial charge in [0.05, 0.1) is 9.94 Å². The summed E-state index contributed by atoms with van der Waals surface area (Å²) in [5.74, 6) is 0.198. The summed E-state index contributed by atoms with van der Waals surface area (Å²) in [6.07, 6.45) is 0.509. The zero-order valence-electron chi connectivity index (χ0n) is 9.35. The van der Waals surface area contributed by atoms with Gasteiger partial charge < -0.3 is 10.2 Å². The minimum absolute atomic E-state index is 0.198. The monoisotopic (exact) mass is 268 g/mol. The second-order valence-electron chi connectivity index (χ2n) is 4.20. The molecule has 2 N–H and O–H groups in total. The second-order valence-corrected chi connectivity index (χ2v) is 6.00. The van der Waals surface area contributed by atoms with Crippen molar-refractivity contribution in [3.05, 3.63) is 51.2 Å². The van der Waals surface area contributed by atoms with E-state index in [-0.39, 0.29) is 5.75 Å². The molecule has 0 aliphatic heterocycles. The molecule has 0 amide bonds. The average Bonchev–Trinajstić information content (AvgIpc) is 2.63. The lowest BCUT2D eigenvalue weighted by Crippen LogP contribution is -2.23. The summed E-state index contributed by atoms with van der Waals surface area (Å²) >= 11 is 7.33. The highest BCUT2D eigenvalue weighted by Gasteiger charge is 2.24. The van der Waals surface area contributed by atoms with Crippen LogP contribution in [0.1, 0.15) is 17.4 Å². The molecule has 0 saturated carbocycles. The lowest BCUT2D eigenvalue weighted by atomic mass is 9.92. The molecule has 1 unspecified atom stereocenters. The van der Waals surface area contributed by atoms with Crippen LogP contribution in [0.2, 0.25) is 4.34 Å². The van der Waals surface area contributed by atoms with Crippen LogP contribution >= 0.6 is 22.9 Å². The molecule has 4 heteroatoms. The number of aromatic hydroxyl groups is 1. The molecule has 1 aromatic heterocycles. The van der Waals surface area contributed by atoms with E-state index >= 15 is 0 Å². The van der Waals surface area contributed by atoms with Crippen LogP contribution in [-0.2, 0) is 12.0 Å².